The van der Waals surface area contributed by atoms with Crippen LogP contribution in [0.25, 0.3) is 0 Å². The molecular weight excluding hydrogens is 334 g/mol. The van der Waals surface area contributed by atoms with Crippen molar-refractivity contribution in [2.45, 2.75) is 38.9 Å². The summed E-state index contributed by atoms with van der Waals surface area (Å²) in [5, 5.41) is 2.87. The fraction of sp³-hybridized carbons (Fsp3) is 0.579. The van der Waals surface area contributed by atoms with Crippen LogP contribution in [0.15, 0.2) is 18.2 Å². The van der Waals surface area contributed by atoms with Crippen LogP contribution in [-0.4, -0.2) is 68.1 Å². The number of amides is 2. The van der Waals surface area contributed by atoms with E-state index < -0.39 is 6.04 Å². The van der Waals surface area contributed by atoms with Gasteiger partial charge in [0.1, 0.15) is 0 Å². The van der Waals surface area contributed by atoms with Gasteiger partial charge < -0.3 is 19.7 Å². The molecule has 2 amide bonds. The molecule has 0 radical (unpaired) electrons. The van der Waals surface area contributed by atoms with Gasteiger partial charge in [-0.05, 0) is 31.5 Å². The van der Waals surface area contributed by atoms with E-state index in [0.717, 1.165) is 5.56 Å². The number of piperazine rings is 1. The molecule has 1 aliphatic heterocycles. The highest BCUT2D eigenvalue weighted by atomic mass is 16.5. The van der Waals surface area contributed by atoms with Crippen LogP contribution in [0.4, 0.5) is 0 Å². The fourth-order valence-electron chi connectivity index (χ4n) is 2.98. The summed E-state index contributed by atoms with van der Waals surface area (Å²) < 4.78 is 10.6. The second-order valence-electron chi connectivity index (χ2n) is 6.77. The molecule has 1 atom stereocenters. The lowest BCUT2D eigenvalue weighted by molar-refractivity contribution is -0.139. The lowest BCUT2D eigenvalue weighted by Crippen LogP contribution is -2.56. The van der Waals surface area contributed by atoms with E-state index in [9.17, 15) is 9.59 Å². The number of rotatable bonds is 7. The van der Waals surface area contributed by atoms with Crippen LogP contribution < -0.4 is 14.8 Å². The molecule has 1 heterocycles. The Morgan fingerprint density at radius 1 is 1.31 bits per heavy atom. The van der Waals surface area contributed by atoms with Gasteiger partial charge in [0.2, 0.25) is 11.8 Å². The van der Waals surface area contributed by atoms with Crippen molar-refractivity contribution >= 4 is 11.8 Å². The lowest BCUT2D eigenvalue weighted by atomic mass is 10.1. The molecular formula is C19H29N3O4. The molecule has 7 nitrogen and oxygen atoms in total. The number of ether oxygens (including phenoxy) is 2. The average Bonchev–Trinajstić information content (AvgIpc) is 2.63. The number of hydrogen-bond acceptors (Lipinski definition) is 5. The van der Waals surface area contributed by atoms with E-state index in [-0.39, 0.29) is 24.3 Å². The van der Waals surface area contributed by atoms with Crippen LogP contribution in [0.3, 0.4) is 0 Å². The van der Waals surface area contributed by atoms with Crippen molar-refractivity contribution in [1.82, 2.24) is 15.1 Å². The number of carbonyl (C=O) groups is 2. The van der Waals surface area contributed by atoms with Gasteiger partial charge >= 0.3 is 0 Å². The van der Waals surface area contributed by atoms with Crippen LogP contribution >= 0.6 is 0 Å². The molecule has 0 bridgehead atoms. The summed E-state index contributed by atoms with van der Waals surface area (Å²) in [5.74, 6) is 1.19. The SMILES string of the molecule is COc1ccc(CN2CCNC(=O)[C@@H]2CC(=O)N(C)C(C)C)cc1OC. The zero-order valence-corrected chi connectivity index (χ0v) is 16.2. The third-order valence-corrected chi connectivity index (χ3v) is 4.81. The summed E-state index contributed by atoms with van der Waals surface area (Å²) in [6, 6.07) is 5.35. The van der Waals surface area contributed by atoms with Gasteiger partial charge in [-0.1, -0.05) is 6.07 Å². The predicted molar refractivity (Wildman–Crippen MR) is 99.3 cm³/mol. The van der Waals surface area contributed by atoms with E-state index in [1.807, 2.05) is 36.9 Å². The van der Waals surface area contributed by atoms with Gasteiger partial charge in [-0.15, -0.1) is 0 Å². The van der Waals surface area contributed by atoms with Crippen molar-refractivity contribution in [2.24, 2.45) is 0 Å². The van der Waals surface area contributed by atoms with Gasteiger partial charge in [0.05, 0.1) is 26.7 Å². The molecule has 1 fully saturated rings. The number of methoxy groups -OCH3 is 2. The van der Waals surface area contributed by atoms with E-state index in [1.165, 1.54) is 0 Å². The normalized spacial score (nSPS) is 17.8. The van der Waals surface area contributed by atoms with Crippen molar-refractivity contribution < 1.29 is 19.1 Å². The zero-order chi connectivity index (χ0) is 19.3. The van der Waals surface area contributed by atoms with Crippen molar-refractivity contribution in [1.29, 1.82) is 0 Å². The highest BCUT2D eigenvalue weighted by Crippen LogP contribution is 2.28. The molecule has 1 aromatic rings. The Bertz CT molecular complexity index is 648. The van der Waals surface area contributed by atoms with Crippen molar-refractivity contribution in [3.8, 4) is 11.5 Å². The van der Waals surface area contributed by atoms with Gasteiger partial charge in [0.15, 0.2) is 11.5 Å². The van der Waals surface area contributed by atoms with E-state index >= 15 is 0 Å². The number of hydrogen-bond donors (Lipinski definition) is 1. The summed E-state index contributed by atoms with van der Waals surface area (Å²) >= 11 is 0. The van der Waals surface area contributed by atoms with Gasteiger partial charge in [-0.25, -0.2) is 0 Å². The first-order chi connectivity index (χ1) is 12.4. The molecule has 1 aromatic carbocycles. The Morgan fingerprint density at radius 2 is 2.00 bits per heavy atom. The standard InChI is InChI=1S/C19H29N3O4/c1-13(2)21(3)18(23)11-15-19(24)20-8-9-22(15)12-14-6-7-16(25-4)17(10-14)26-5/h6-7,10,13,15H,8-9,11-12H2,1-5H3,(H,20,24)/t15-/m0/s1. The van der Waals surface area contributed by atoms with Crippen LogP contribution in [0.1, 0.15) is 25.8 Å². The van der Waals surface area contributed by atoms with Crippen molar-refractivity contribution in [3.63, 3.8) is 0 Å². The molecule has 0 saturated carbocycles. The molecule has 7 heteroatoms. The Labute approximate surface area is 155 Å². The maximum Gasteiger partial charge on any atom is 0.237 e. The van der Waals surface area contributed by atoms with Crippen molar-refractivity contribution in [2.75, 3.05) is 34.4 Å². The molecule has 0 unspecified atom stereocenters. The summed E-state index contributed by atoms with van der Waals surface area (Å²) in [5.41, 5.74) is 1.01. The molecule has 1 saturated heterocycles. The minimum Gasteiger partial charge on any atom is -0.493 e. The zero-order valence-electron chi connectivity index (χ0n) is 16.2. The van der Waals surface area contributed by atoms with Crippen LogP contribution in [0, 0.1) is 0 Å². The number of nitrogens with zero attached hydrogens (tertiary/aromatic N) is 2. The predicted octanol–water partition coefficient (Wildman–Crippen LogP) is 1.26. The first-order valence-corrected chi connectivity index (χ1v) is 8.85. The van der Waals surface area contributed by atoms with Gasteiger partial charge in [0, 0.05) is 32.7 Å². The lowest BCUT2D eigenvalue weighted by Gasteiger charge is -2.36. The largest absolute Gasteiger partial charge is 0.493 e. The second-order valence-corrected chi connectivity index (χ2v) is 6.77. The minimum absolute atomic E-state index is 0.0284. The van der Waals surface area contributed by atoms with Crippen LogP contribution in [0.5, 0.6) is 11.5 Å². The summed E-state index contributed by atoms with van der Waals surface area (Å²) in [4.78, 5) is 28.6. The first kappa shape index (κ1) is 20.0. The molecule has 1 N–H and O–H groups in total. The molecule has 2 rings (SSSR count). The smallest absolute Gasteiger partial charge is 0.237 e. The maximum atomic E-state index is 12.5. The number of carbonyl (C=O) groups excluding carboxylic acids is 2. The molecule has 26 heavy (non-hydrogen) atoms. The van der Waals surface area contributed by atoms with Gasteiger partial charge in [-0.3, -0.25) is 14.5 Å². The second kappa shape index (κ2) is 8.89. The van der Waals surface area contributed by atoms with E-state index in [2.05, 4.69) is 5.32 Å². The molecule has 144 valence electrons. The first-order valence-electron chi connectivity index (χ1n) is 8.85. The van der Waals surface area contributed by atoms with Crippen LogP contribution in [-0.2, 0) is 16.1 Å². The maximum absolute atomic E-state index is 12.5. The third kappa shape index (κ3) is 4.66. The third-order valence-electron chi connectivity index (χ3n) is 4.81. The number of nitrogens with one attached hydrogen (secondary N) is 1. The van der Waals surface area contributed by atoms with Gasteiger partial charge in [0.25, 0.3) is 0 Å². The molecule has 0 aliphatic carbocycles. The molecule has 0 aromatic heterocycles. The average molecular weight is 363 g/mol. The van der Waals surface area contributed by atoms with E-state index in [1.54, 1.807) is 26.2 Å². The summed E-state index contributed by atoms with van der Waals surface area (Å²) in [6.07, 6.45) is 0.174. The topological polar surface area (TPSA) is 71.1 Å². The summed E-state index contributed by atoms with van der Waals surface area (Å²) in [6.45, 7) is 5.76. The Hall–Kier alpha value is -2.28. The Kier molecular flexibility index (Phi) is 6.85. The van der Waals surface area contributed by atoms with Crippen LogP contribution in [0.2, 0.25) is 0 Å². The Morgan fingerprint density at radius 3 is 2.62 bits per heavy atom. The summed E-state index contributed by atoms with van der Waals surface area (Å²) in [7, 11) is 4.96. The number of benzene rings is 1. The fourth-order valence-corrected chi connectivity index (χ4v) is 2.98. The monoisotopic (exact) mass is 363 g/mol. The Balaban J connectivity index is 2.15. The molecule has 1 aliphatic rings. The minimum atomic E-state index is -0.467. The quantitative estimate of drug-likeness (QED) is 0.790. The van der Waals surface area contributed by atoms with E-state index in [4.69, 9.17) is 9.47 Å². The van der Waals surface area contributed by atoms with E-state index in [0.29, 0.717) is 31.1 Å². The van der Waals surface area contributed by atoms with Gasteiger partial charge in [-0.2, -0.15) is 0 Å². The highest BCUT2D eigenvalue weighted by molar-refractivity contribution is 5.88. The molecule has 0 spiro atoms. The highest BCUT2D eigenvalue weighted by Gasteiger charge is 2.32. The van der Waals surface area contributed by atoms with Crippen molar-refractivity contribution in [3.05, 3.63) is 23.8 Å².